The molecule has 0 aromatic rings. The van der Waals surface area contributed by atoms with Crippen LogP contribution in [-0.2, 0) is 0 Å². The summed E-state index contributed by atoms with van der Waals surface area (Å²) in [6.07, 6.45) is 3.09. The monoisotopic (exact) mass is 219 g/mol. The van der Waals surface area contributed by atoms with Gasteiger partial charge in [0.05, 0.1) is 5.54 Å². The van der Waals surface area contributed by atoms with Crippen molar-refractivity contribution in [2.45, 2.75) is 64.3 Å². The fourth-order valence-electron chi connectivity index (χ4n) is 2.58. The molecule has 0 aromatic carbocycles. The van der Waals surface area contributed by atoms with E-state index in [0.717, 1.165) is 25.7 Å². The third-order valence-electron chi connectivity index (χ3n) is 3.61. The normalized spacial score (nSPS) is 32.2. The number of alkyl halides is 2. The molecular weight excluding hydrogens is 196 g/mol. The van der Waals surface area contributed by atoms with Gasteiger partial charge in [-0.2, -0.15) is 0 Å². The number of hydrogen-bond acceptors (Lipinski definition) is 1. The van der Waals surface area contributed by atoms with Crippen molar-refractivity contribution in [3.05, 3.63) is 0 Å². The lowest BCUT2D eigenvalue weighted by molar-refractivity contribution is -0.00731. The van der Waals surface area contributed by atoms with Crippen LogP contribution in [0.25, 0.3) is 0 Å². The Labute approximate surface area is 91.6 Å². The van der Waals surface area contributed by atoms with E-state index in [2.05, 4.69) is 12.2 Å². The molecule has 1 N–H and O–H groups in total. The molecule has 0 aliphatic heterocycles. The Balaban J connectivity index is 2.62. The fourth-order valence-corrected chi connectivity index (χ4v) is 2.58. The number of hydrogen-bond donors (Lipinski definition) is 1. The SMILES string of the molecule is CCCNC1(C(F)F)CCCC(CC)C1. The van der Waals surface area contributed by atoms with Crippen LogP contribution in [0.1, 0.15) is 52.4 Å². The Hall–Kier alpha value is -0.180. The van der Waals surface area contributed by atoms with Crippen LogP contribution in [0, 0.1) is 5.92 Å². The molecule has 0 radical (unpaired) electrons. The zero-order valence-electron chi connectivity index (χ0n) is 9.86. The molecule has 1 saturated carbocycles. The molecule has 0 saturated heterocycles. The van der Waals surface area contributed by atoms with Crippen molar-refractivity contribution in [2.75, 3.05) is 6.54 Å². The molecule has 0 amide bonds. The predicted molar refractivity (Wildman–Crippen MR) is 59.3 cm³/mol. The Bertz CT molecular complexity index is 184. The molecular formula is C12H23F2N. The van der Waals surface area contributed by atoms with Crippen LogP contribution in [0.4, 0.5) is 8.78 Å². The van der Waals surface area contributed by atoms with E-state index in [1.807, 2.05) is 6.92 Å². The zero-order valence-corrected chi connectivity index (χ0v) is 9.86. The van der Waals surface area contributed by atoms with Gasteiger partial charge in [0.2, 0.25) is 0 Å². The average Bonchev–Trinajstić information content (AvgIpc) is 2.26. The van der Waals surface area contributed by atoms with Crippen molar-refractivity contribution in [3.8, 4) is 0 Å². The van der Waals surface area contributed by atoms with E-state index >= 15 is 0 Å². The minimum absolute atomic E-state index is 0.483. The average molecular weight is 219 g/mol. The van der Waals surface area contributed by atoms with Crippen LogP contribution in [0.3, 0.4) is 0 Å². The summed E-state index contributed by atoms with van der Waals surface area (Å²) < 4.78 is 26.3. The van der Waals surface area contributed by atoms with E-state index in [1.165, 1.54) is 0 Å². The summed E-state index contributed by atoms with van der Waals surface area (Å²) >= 11 is 0. The summed E-state index contributed by atoms with van der Waals surface area (Å²) in [6.45, 7) is 4.83. The largest absolute Gasteiger partial charge is 0.306 e. The number of nitrogens with one attached hydrogen (secondary N) is 1. The summed E-state index contributed by atoms with van der Waals surface area (Å²) in [7, 11) is 0. The lowest BCUT2D eigenvalue weighted by Gasteiger charge is -2.41. The van der Waals surface area contributed by atoms with E-state index in [9.17, 15) is 8.78 Å². The molecule has 0 heterocycles. The maximum atomic E-state index is 13.1. The quantitative estimate of drug-likeness (QED) is 0.745. The molecule has 1 rings (SSSR count). The first kappa shape index (κ1) is 12.9. The maximum Gasteiger partial charge on any atom is 0.256 e. The van der Waals surface area contributed by atoms with Gasteiger partial charge in [0.25, 0.3) is 6.43 Å². The minimum Gasteiger partial charge on any atom is -0.306 e. The summed E-state index contributed by atoms with van der Waals surface area (Å²) in [4.78, 5) is 0. The first-order valence-electron chi connectivity index (χ1n) is 6.17. The second-order valence-electron chi connectivity index (χ2n) is 4.75. The Kier molecular flexibility index (Phi) is 4.97. The van der Waals surface area contributed by atoms with E-state index in [-0.39, 0.29) is 0 Å². The summed E-state index contributed by atoms with van der Waals surface area (Å²) in [5, 5.41) is 3.10. The highest BCUT2D eigenvalue weighted by Gasteiger charge is 2.42. The van der Waals surface area contributed by atoms with Crippen molar-refractivity contribution >= 4 is 0 Å². The summed E-state index contributed by atoms with van der Waals surface area (Å²) in [6, 6.07) is 0. The van der Waals surface area contributed by atoms with Gasteiger partial charge in [0, 0.05) is 0 Å². The molecule has 1 aliphatic carbocycles. The second-order valence-corrected chi connectivity index (χ2v) is 4.75. The molecule has 1 nitrogen and oxygen atoms in total. The molecule has 3 heteroatoms. The van der Waals surface area contributed by atoms with Crippen LogP contribution >= 0.6 is 0 Å². The Morgan fingerprint density at radius 2 is 2.13 bits per heavy atom. The minimum atomic E-state index is -2.22. The summed E-state index contributed by atoms with van der Waals surface area (Å²) in [5.41, 5.74) is -0.880. The zero-order chi connectivity index (χ0) is 11.3. The maximum absolute atomic E-state index is 13.1. The topological polar surface area (TPSA) is 12.0 Å². The molecule has 1 aliphatic rings. The smallest absolute Gasteiger partial charge is 0.256 e. The van der Waals surface area contributed by atoms with Crippen LogP contribution in [0.5, 0.6) is 0 Å². The highest BCUT2D eigenvalue weighted by molar-refractivity contribution is 4.95. The molecule has 15 heavy (non-hydrogen) atoms. The third-order valence-corrected chi connectivity index (χ3v) is 3.61. The van der Waals surface area contributed by atoms with E-state index in [0.29, 0.717) is 25.3 Å². The van der Waals surface area contributed by atoms with Crippen LogP contribution < -0.4 is 5.32 Å². The van der Waals surface area contributed by atoms with Gasteiger partial charge in [-0.15, -0.1) is 0 Å². The van der Waals surface area contributed by atoms with Crippen LogP contribution in [-0.4, -0.2) is 18.5 Å². The fraction of sp³-hybridized carbons (Fsp3) is 1.00. The Morgan fingerprint density at radius 3 is 2.67 bits per heavy atom. The lowest BCUT2D eigenvalue weighted by atomic mass is 9.75. The Morgan fingerprint density at radius 1 is 1.40 bits per heavy atom. The molecule has 0 spiro atoms. The van der Waals surface area contributed by atoms with Crippen molar-refractivity contribution < 1.29 is 8.78 Å². The van der Waals surface area contributed by atoms with E-state index in [1.54, 1.807) is 0 Å². The van der Waals surface area contributed by atoms with Gasteiger partial charge in [-0.1, -0.05) is 33.1 Å². The van der Waals surface area contributed by atoms with Gasteiger partial charge < -0.3 is 5.32 Å². The van der Waals surface area contributed by atoms with Crippen molar-refractivity contribution in [2.24, 2.45) is 5.92 Å². The van der Waals surface area contributed by atoms with Gasteiger partial charge in [0.1, 0.15) is 0 Å². The van der Waals surface area contributed by atoms with Gasteiger partial charge in [-0.3, -0.25) is 0 Å². The number of halogens is 2. The third kappa shape index (κ3) is 3.13. The molecule has 2 atom stereocenters. The summed E-state index contributed by atoms with van der Waals surface area (Å²) in [5.74, 6) is 0.483. The van der Waals surface area contributed by atoms with Crippen LogP contribution in [0.15, 0.2) is 0 Å². The van der Waals surface area contributed by atoms with E-state index in [4.69, 9.17) is 0 Å². The van der Waals surface area contributed by atoms with Crippen molar-refractivity contribution in [1.82, 2.24) is 5.32 Å². The highest BCUT2D eigenvalue weighted by atomic mass is 19.3. The standard InChI is InChI=1S/C12H23F2N/c1-3-8-15-12(11(13)14)7-5-6-10(4-2)9-12/h10-11,15H,3-9H2,1-2H3. The highest BCUT2D eigenvalue weighted by Crippen LogP contribution is 2.38. The van der Waals surface area contributed by atoms with Gasteiger partial charge in [-0.25, -0.2) is 8.78 Å². The van der Waals surface area contributed by atoms with Gasteiger partial charge >= 0.3 is 0 Å². The first-order chi connectivity index (χ1) is 7.14. The molecule has 90 valence electrons. The van der Waals surface area contributed by atoms with Gasteiger partial charge in [0.15, 0.2) is 0 Å². The van der Waals surface area contributed by atoms with Crippen molar-refractivity contribution in [3.63, 3.8) is 0 Å². The predicted octanol–water partition coefficient (Wildman–Crippen LogP) is 3.59. The van der Waals surface area contributed by atoms with Crippen molar-refractivity contribution in [1.29, 1.82) is 0 Å². The molecule has 2 unspecified atom stereocenters. The lowest BCUT2D eigenvalue weighted by Crippen LogP contribution is -2.54. The van der Waals surface area contributed by atoms with Crippen LogP contribution in [0.2, 0.25) is 0 Å². The number of rotatable bonds is 5. The van der Waals surface area contributed by atoms with E-state index < -0.39 is 12.0 Å². The molecule has 1 fully saturated rings. The molecule has 0 bridgehead atoms. The van der Waals surface area contributed by atoms with Gasteiger partial charge in [-0.05, 0) is 31.7 Å². The molecule has 0 aromatic heterocycles. The first-order valence-corrected chi connectivity index (χ1v) is 6.17. The second kappa shape index (κ2) is 5.78.